The summed E-state index contributed by atoms with van der Waals surface area (Å²) in [5.74, 6) is 0.885. The van der Waals surface area contributed by atoms with Crippen LogP contribution in [0.4, 0.5) is 0 Å². The first kappa shape index (κ1) is 12.3. The Hall–Kier alpha value is -1.13. The van der Waals surface area contributed by atoms with Crippen LogP contribution >= 0.6 is 15.9 Å². The van der Waals surface area contributed by atoms with Crippen LogP contribution in [0, 0.1) is 6.92 Å². The predicted molar refractivity (Wildman–Crippen MR) is 71.9 cm³/mol. The van der Waals surface area contributed by atoms with E-state index in [2.05, 4.69) is 40.0 Å². The van der Waals surface area contributed by atoms with Gasteiger partial charge in [-0.25, -0.2) is 4.98 Å². The summed E-state index contributed by atoms with van der Waals surface area (Å²) < 4.78 is 2.92. The van der Waals surface area contributed by atoms with Crippen molar-refractivity contribution >= 4 is 15.9 Å². The Labute approximate surface area is 109 Å². The molecule has 1 N–H and O–H groups in total. The molecular formula is C13H15BrN2O. The lowest BCUT2D eigenvalue weighted by Crippen LogP contribution is -2.00. The summed E-state index contributed by atoms with van der Waals surface area (Å²) in [4.78, 5) is 4.57. The van der Waals surface area contributed by atoms with Crippen LogP contribution < -0.4 is 0 Å². The zero-order chi connectivity index (χ0) is 12.4. The highest BCUT2D eigenvalue weighted by molar-refractivity contribution is 9.10. The number of benzene rings is 1. The van der Waals surface area contributed by atoms with Crippen molar-refractivity contribution in [3.63, 3.8) is 0 Å². The van der Waals surface area contributed by atoms with Gasteiger partial charge in [0.1, 0.15) is 16.1 Å². The monoisotopic (exact) mass is 294 g/mol. The molecular weight excluding hydrogens is 280 g/mol. The van der Waals surface area contributed by atoms with Crippen LogP contribution in [0.1, 0.15) is 11.4 Å². The van der Waals surface area contributed by atoms with Gasteiger partial charge in [0.05, 0.1) is 6.61 Å². The van der Waals surface area contributed by atoms with Gasteiger partial charge in [-0.1, -0.05) is 23.8 Å². The van der Waals surface area contributed by atoms with E-state index in [-0.39, 0.29) is 6.61 Å². The van der Waals surface area contributed by atoms with Gasteiger partial charge in [-0.2, -0.15) is 0 Å². The molecule has 0 spiro atoms. The molecule has 1 aromatic heterocycles. The summed E-state index contributed by atoms with van der Waals surface area (Å²) in [7, 11) is 1.95. The predicted octanol–water partition coefficient (Wildman–Crippen LogP) is 2.69. The van der Waals surface area contributed by atoms with Crippen LogP contribution in [0.5, 0.6) is 0 Å². The number of hydrogen-bond donors (Lipinski definition) is 1. The van der Waals surface area contributed by atoms with Crippen LogP contribution in [0.2, 0.25) is 0 Å². The highest BCUT2D eigenvalue weighted by Gasteiger charge is 2.13. The van der Waals surface area contributed by atoms with Crippen molar-refractivity contribution < 1.29 is 5.11 Å². The van der Waals surface area contributed by atoms with E-state index >= 15 is 0 Å². The SMILES string of the molecule is Cc1cccc(-c2nc(CCO)n(C)c2Br)c1. The maximum Gasteiger partial charge on any atom is 0.112 e. The van der Waals surface area contributed by atoms with E-state index in [9.17, 15) is 0 Å². The molecule has 0 aliphatic carbocycles. The first-order valence-electron chi connectivity index (χ1n) is 5.52. The molecule has 90 valence electrons. The molecule has 3 nitrogen and oxygen atoms in total. The number of halogens is 1. The van der Waals surface area contributed by atoms with Gasteiger partial charge >= 0.3 is 0 Å². The van der Waals surface area contributed by atoms with E-state index in [1.807, 2.05) is 23.7 Å². The Bertz CT molecular complexity index is 534. The fourth-order valence-electron chi connectivity index (χ4n) is 1.82. The molecule has 17 heavy (non-hydrogen) atoms. The number of hydrogen-bond acceptors (Lipinski definition) is 2. The zero-order valence-electron chi connectivity index (χ0n) is 9.94. The Morgan fingerprint density at radius 1 is 1.41 bits per heavy atom. The minimum absolute atomic E-state index is 0.116. The molecule has 1 aromatic carbocycles. The van der Waals surface area contributed by atoms with E-state index in [4.69, 9.17) is 5.11 Å². The Morgan fingerprint density at radius 3 is 2.82 bits per heavy atom. The second-order valence-corrected chi connectivity index (χ2v) is 4.82. The number of aromatic nitrogens is 2. The number of rotatable bonds is 3. The van der Waals surface area contributed by atoms with Gasteiger partial charge in [0.2, 0.25) is 0 Å². The molecule has 0 unspecified atom stereocenters. The summed E-state index contributed by atoms with van der Waals surface area (Å²) in [5, 5.41) is 8.99. The molecule has 0 saturated heterocycles. The minimum atomic E-state index is 0.116. The van der Waals surface area contributed by atoms with Crippen LogP contribution in [0.15, 0.2) is 28.9 Å². The summed E-state index contributed by atoms with van der Waals surface area (Å²) in [6.07, 6.45) is 0.570. The van der Waals surface area contributed by atoms with Crippen molar-refractivity contribution in [1.29, 1.82) is 0 Å². The van der Waals surface area contributed by atoms with E-state index in [0.717, 1.165) is 21.7 Å². The number of imidazole rings is 1. The van der Waals surface area contributed by atoms with E-state index in [1.54, 1.807) is 0 Å². The van der Waals surface area contributed by atoms with E-state index in [1.165, 1.54) is 5.56 Å². The second-order valence-electron chi connectivity index (χ2n) is 4.07. The molecule has 0 radical (unpaired) electrons. The van der Waals surface area contributed by atoms with Crippen LogP contribution in [-0.4, -0.2) is 21.3 Å². The lowest BCUT2D eigenvalue weighted by Gasteiger charge is -2.00. The Balaban J connectivity index is 2.49. The van der Waals surface area contributed by atoms with Gasteiger partial charge < -0.3 is 9.67 Å². The van der Waals surface area contributed by atoms with Gasteiger partial charge in [0.15, 0.2) is 0 Å². The van der Waals surface area contributed by atoms with Crippen molar-refractivity contribution in [2.24, 2.45) is 7.05 Å². The summed E-state index contributed by atoms with van der Waals surface area (Å²) in [5.41, 5.74) is 3.24. The van der Waals surface area contributed by atoms with Crippen molar-refractivity contribution in [2.45, 2.75) is 13.3 Å². The van der Waals surface area contributed by atoms with Crippen molar-refractivity contribution in [3.05, 3.63) is 40.3 Å². The molecule has 4 heteroatoms. The molecule has 0 fully saturated rings. The molecule has 1 heterocycles. The topological polar surface area (TPSA) is 38.1 Å². The smallest absolute Gasteiger partial charge is 0.112 e. The third-order valence-corrected chi connectivity index (χ3v) is 3.65. The highest BCUT2D eigenvalue weighted by atomic mass is 79.9. The van der Waals surface area contributed by atoms with Crippen LogP contribution in [0.3, 0.4) is 0 Å². The normalized spacial score (nSPS) is 10.8. The fraction of sp³-hybridized carbons (Fsp3) is 0.308. The third-order valence-electron chi connectivity index (χ3n) is 2.74. The quantitative estimate of drug-likeness (QED) is 0.945. The molecule has 0 bridgehead atoms. The fourth-order valence-corrected chi connectivity index (χ4v) is 2.34. The molecule has 0 aliphatic rings. The van der Waals surface area contributed by atoms with Gasteiger partial charge in [0.25, 0.3) is 0 Å². The number of nitrogens with zero attached hydrogens (tertiary/aromatic N) is 2. The average molecular weight is 295 g/mol. The minimum Gasteiger partial charge on any atom is -0.396 e. The van der Waals surface area contributed by atoms with Crippen molar-refractivity contribution in [3.8, 4) is 11.3 Å². The molecule has 0 atom stereocenters. The van der Waals surface area contributed by atoms with Crippen LogP contribution in [-0.2, 0) is 13.5 Å². The lowest BCUT2D eigenvalue weighted by molar-refractivity contribution is 0.295. The molecule has 2 aromatic rings. The van der Waals surface area contributed by atoms with E-state index < -0.39 is 0 Å². The summed E-state index contributed by atoms with van der Waals surface area (Å²) in [6, 6.07) is 8.24. The third kappa shape index (κ3) is 2.42. The number of aryl methyl sites for hydroxylation is 1. The molecule has 2 rings (SSSR count). The van der Waals surface area contributed by atoms with Crippen molar-refractivity contribution in [1.82, 2.24) is 9.55 Å². The lowest BCUT2D eigenvalue weighted by atomic mass is 10.1. The maximum atomic E-state index is 8.99. The van der Waals surface area contributed by atoms with E-state index in [0.29, 0.717) is 6.42 Å². The van der Waals surface area contributed by atoms with Gasteiger partial charge in [-0.3, -0.25) is 0 Å². The number of aliphatic hydroxyl groups is 1. The first-order chi connectivity index (χ1) is 8.13. The van der Waals surface area contributed by atoms with Gasteiger partial charge in [-0.05, 0) is 28.9 Å². The second kappa shape index (κ2) is 5.02. The van der Waals surface area contributed by atoms with Crippen molar-refractivity contribution in [2.75, 3.05) is 6.61 Å². The van der Waals surface area contributed by atoms with Gasteiger partial charge in [-0.15, -0.1) is 0 Å². The zero-order valence-corrected chi connectivity index (χ0v) is 11.5. The highest BCUT2D eigenvalue weighted by Crippen LogP contribution is 2.28. The Morgan fingerprint density at radius 2 is 2.18 bits per heavy atom. The summed E-state index contributed by atoms with van der Waals surface area (Å²) >= 11 is 3.55. The Kier molecular flexibility index (Phi) is 3.64. The van der Waals surface area contributed by atoms with Crippen LogP contribution in [0.25, 0.3) is 11.3 Å². The largest absolute Gasteiger partial charge is 0.396 e. The van der Waals surface area contributed by atoms with Gasteiger partial charge in [0, 0.05) is 19.0 Å². The average Bonchev–Trinajstić information content (AvgIpc) is 2.58. The molecule has 0 amide bonds. The number of aliphatic hydroxyl groups excluding tert-OH is 1. The molecule has 0 saturated carbocycles. The standard InChI is InChI=1S/C13H15BrN2O/c1-9-4-3-5-10(8-9)12-13(14)16(2)11(15-12)6-7-17/h3-5,8,17H,6-7H2,1-2H3. The maximum absolute atomic E-state index is 8.99. The molecule has 0 aliphatic heterocycles. The summed E-state index contributed by atoms with van der Waals surface area (Å²) in [6.45, 7) is 2.18. The first-order valence-corrected chi connectivity index (χ1v) is 6.31.